The van der Waals surface area contributed by atoms with Gasteiger partial charge in [-0.2, -0.15) is 0 Å². The van der Waals surface area contributed by atoms with Gasteiger partial charge in [-0.05, 0) is 24.3 Å². The molecule has 1 aliphatic rings. The van der Waals surface area contributed by atoms with E-state index in [9.17, 15) is 16.8 Å². The van der Waals surface area contributed by atoms with Crippen LogP contribution in [0.5, 0.6) is 0 Å². The number of hydrogen-bond donors (Lipinski definition) is 1. The highest BCUT2D eigenvalue weighted by Crippen LogP contribution is 2.27. The molecule has 8 heteroatoms. The molecule has 0 spiro atoms. The quantitative estimate of drug-likeness (QED) is 0.883. The van der Waals surface area contributed by atoms with Crippen molar-refractivity contribution >= 4 is 31.3 Å². The zero-order valence-electron chi connectivity index (χ0n) is 11.8. The van der Waals surface area contributed by atoms with Crippen molar-refractivity contribution in [3.63, 3.8) is 0 Å². The van der Waals surface area contributed by atoms with Crippen LogP contribution in [0, 0.1) is 0 Å². The van der Waals surface area contributed by atoms with Crippen LogP contribution in [0.3, 0.4) is 0 Å². The lowest BCUT2D eigenvalue weighted by Gasteiger charge is -2.22. The van der Waals surface area contributed by atoms with Crippen molar-refractivity contribution < 1.29 is 16.8 Å². The standard InChI is InChI=1S/C13H18ClNO4S2/c1-9(2)15-12-7-20(16,17)8-13(12)21(18,19)11-5-3-10(14)4-6-11/h3-6,9,12-13,15H,7-8H2,1-2H3/t12-,13-/m0/s1. The molecule has 1 aliphatic heterocycles. The number of benzene rings is 1. The molecule has 2 rings (SSSR count). The number of halogens is 1. The van der Waals surface area contributed by atoms with Crippen LogP contribution in [0.1, 0.15) is 13.8 Å². The third-order valence-corrected chi connectivity index (χ3v) is 7.81. The van der Waals surface area contributed by atoms with Gasteiger partial charge in [0.1, 0.15) is 0 Å². The van der Waals surface area contributed by atoms with Crippen LogP contribution in [0.2, 0.25) is 5.02 Å². The van der Waals surface area contributed by atoms with E-state index in [0.29, 0.717) is 5.02 Å². The Morgan fingerprint density at radius 3 is 2.29 bits per heavy atom. The first-order chi connectivity index (χ1) is 9.62. The van der Waals surface area contributed by atoms with Crippen molar-refractivity contribution in [1.82, 2.24) is 5.32 Å². The van der Waals surface area contributed by atoms with Gasteiger partial charge in [0, 0.05) is 17.1 Å². The number of rotatable bonds is 4. The van der Waals surface area contributed by atoms with Gasteiger partial charge in [-0.15, -0.1) is 0 Å². The minimum absolute atomic E-state index is 0.00576. The molecule has 0 aromatic heterocycles. The molecule has 5 nitrogen and oxygen atoms in total. The van der Waals surface area contributed by atoms with Crippen LogP contribution in [0.15, 0.2) is 29.2 Å². The zero-order chi connectivity index (χ0) is 15.8. The Hall–Kier alpha value is -0.630. The SMILES string of the molecule is CC(C)N[C@H]1CS(=O)(=O)C[C@@H]1S(=O)(=O)c1ccc(Cl)cc1. The molecule has 21 heavy (non-hydrogen) atoms. The van der Waals surface area contributed by atoms with E-state index < -0.39 is 31.0 Å². The molecule has 0 saturated carbocycles. The summed E-state index contributed by atoms with van der Waals surface area (Å²) in [5.41, 5.74) is 0. The molecule has 0 radical (unpaired) electrons. The summed E-state index contributed by atoms with van der Waals surface area (Å²) in [5.74, 6) is -0.495. The lowest BCUT2D eigenvalue weighted by atomic mass is 10.2. The molecule has 1 saturated heterocycles. The third-order valence-electron chi connectivity index (χ3n) is 3.39. The first-order valence-corrected chi connectivity index (χ1v) is 10.3. The Morgan fingerprint density at radius 1 is 1.19 bits per heavy atom. The van der Waals surface area contributed by atoms with E-state index in [1.54, 1.807) is 0 Å². The van der Waals surface area contributed by atoms with E-state index >= 15 is 0 Å². The normalized spacial score (nSPS) is 25.3. The summed E-state index contributed by atoms with van der Waals surface area (Å²) in [5, 5.41) is 2.52. The second-order valence-corrected chi connectivity index (χ2v) is 10.3. The molecule has 0 amide bonds. The van der Waals surface area contributed by atoms with Crippen LogP contribution in [0.4, 0.5) is 0 Å². The molecule has 1 fully saturated rings. The predicted molar refractivity (Wildman–Crippen MR) is 83.1 cm³/mol. The second-order valence-electron chi connectivity index (χ2n) is 5.54. The third kappa shape index (κ3) is 3.77. The highest BCUT2D eigenvalue weighted by molar-refractivity contribution is 7.96. The fourth-order valence-electron chi connectivity index (χ4n) is 2.50. The predicted octanol–water partition coefficient (Wildman–Crippen LogP) is 1.28. The first-order valence-electron chi connectivity index (χ1n) is 6.58. The summed E-state index contributed by atoms with van der Waals surface area (Å²) in [6.07, 6.45) is 0. The summed E-state index contributed by atoms with van der Waals surface area (Å²) in [7, 11) is -7.08. The van der Waals surface area contributed by atoms with Crippen molar-refractivity contribution in [2.75, 3.05) is 11.5 Å². The molecule has 1 aromatic rings. The zero-order valence-corrected chi connectivity index (χ0v) is 14.2. The maximum atomic E-state index is 12.7. The molecule has 2 atom stereocenters. The van der Waals surface area contributed by atoms with Gasteiger partial charge >= 0.3 is 0 Å². The minimum Gasteiger partial charge on any atom is -0.309 e. The summed E-state index contributed by atoms with van der Waals surface area (Å²) in [6, 6.07) is 5.22. The molecule has 0 bridgehead atoms. The second kappa shape index (κ2) is 5.87. The topological polar surface area (TPSA) is 80.3 Å². The Kier molecular flexibility index (Phi) is 4.68. The van der Waals surface area contributed by atoms with E-state index in [1.807, 2.05) is 13.8 Å². The van der Waals surface area contributed by atoms with Crippen molar-refractivity contribution in [3.05, 3.63) is 29.3 Å². The van der Waals surface area contributed by atoms with Crippen LogP contribution in [0.25, 0.3) is 0 Å². The fourth-order valence-corrected chi connectivity index (χ4v) is 7.31. The lowest BCUT2D eigenvalue weighted by Crippen LogP contribution is -2.46. The maximum Gasteiger partial charge on any atom is 0.183 e. The monoisotopic (exact) mass is 351 g/mol. The highest BCUT2D eigenvalue weighted by Gasteiger charge is 2.45. The van der Waals surface area contributed by atoms with Crippen molar-refractivity contribution in [1.29, 1.82) is 0 Å². The lowest BCUT2D eigenvalue weighted by molar-refractivity contribution is 0.484. The maximum absolute atomic E-state index is 12.7. The molecule has 0 aliphatic carbocycles. The van der Waals surface area contributed by atoms with Gasteiger partial charge in [0.2, 0.25) is 0 Å². The van der Waals surface area contributed by atoms with Crippen molar-refractivity contribution in [2.45, 2.75) is 36.1 Å². The van der Waals surface area contributed by atoms with Gasteiger partial charge in [-0.25, -0.2) is 16.8 Å². The van der Waals surface area contributed by atoms with Crippen LogP contribution in [-0.4, -0.2) is 45.7 Å². The molecule has 1 heterocycles. The number of hydrogen-bond acceptors (Lipinski definition) is 5. The summed E-state index contributed by atoms with van der Waals surface area (Å²) >= 11 is 5.76. The summed E-state index contributed by atoms with van der Waals surface area (Å²) in [6.45, 7) is 3.72. The van der Waals surface area contributed by atoms with Crippen LogP contribution < -0.4 is 5.32 Å². The van der Waals surface area contributed by atoms with E-state index in [1.165, 1.54) is 24.3 Å². The van der Waals surface area contributed by atoms with Crippen LogP contribution in [-0.2, 0) is 19.7 Å². The number of sulfone groups is 2. The van der Waals surface area contributed by atoms with Gasteiger partial charge in [0.05, 0.1) is 21.7 Å². The Balaban J connectivity index is 2.39. The van der Waals surface area contributed by atoms with Crippen molar-refractivity contribution in [3.8, 4) is 0 Å². The smallest absolute Gasteiger partial charge is 0.183 e. The molecular formula is C13H18ClNO4S2. The largest absolute Gasteiger partial charge is 0.309 e. The Labute approximate surface area is 130 Å². The highest BCUT2D eigenvalue weighted by atomic mass is 35.5. The molecule has 0 unspecified atom stereocenters. The molecule has 1 aromatic carbocycles. The minimum atomic E-state index is -3.72. The van der Waals surface area contributed by atoms with Gasteiger partial charge < -0.3 is 5.32 Å². The van der Waals surface area contributed by atoms with E-state index in [2.05, 4.69) is 5.32 Å². The van der Waals surface area contributed by atoms with Gasteiger partial charge in [-0.1, -0.05) is 25.4 Å². The van der Waals surface area contributed by atoms with Gasteiger partial charge in [0.25, 0.3) is 0 Å². The molecular weight excluding hydrogens is 334 g/mol. The summed E-state index contributed by atoms with van der Waals surface area (Å²) < 4.78 is 49.0. The van der Waals surface area contributed by atoms with Crippen LogP contribution >= 0.6 is 11.6 Å². The van der Waals surface area contributed by atoms with E-state index in [4.69, 9.17) is 11.6 Å². The Morgan fingerprint density at radius 2 is 1.76 bits per heavy atom. The molecule has 1 N–H and O–H groups in total. The fraction of sp³-hybridized carbons (Fsp3) is 0.538. The van der Waals surface area contributed by atoms with E-state index in [0.717, 1.165) is 0 Å². The van der Waals surface area contributed by atoms with E-state index in [-0.39, 0.29) is 22.4 Å². The average Bonchev–Trinajstić information content (AvgIpc) is 2.64. The number of nitrogens with one attached hydrogen (secondary N) is 1. The van der Waals surface area contributed by atoms with Crippen molar-refractivity contribution in [2.24, 2.45) is 0 Å². The first kappa shape index (κ1) is 16.7. The Bertz CT molecular complexity index is 711. The molecule has 118 valence electrons. The average molecular weight is 352 g/mol. The summed E-state index contributed by atoms with van der Waals surface area (Å²) in [4.78, 5) is 0.101. The van der Waals surface area contributed by atoms with Gasteiger partial charge in [0.15, 0.2) is 19.7 Å². The van der Waals surface area contributed by atoms with Gasteiger partial charge in [-0.3, -0.25) is 0 Å².